The third-order valence-corrected chi connectivity index (χ3v) is 5.49. The van der Waals surface area contributed by atoms with Gasteiger partial charge in [0.1, 0.15) is 0 Å². The van der Waals surface area contributed by atoms with Gasteiger partial charge in [0.05, 0.1) is 10.9 Å². The molecule has 114 valence electrons. The first-order valence-electron chi connectivity index (χ1n) is 7.41. The molecule has 2 nitrogen and oxygen atoms in total. The zero-order valence-corrected chi connectivity index (χ0v) is 14.1. The number of hydrogen-bond donors (Lipinski definition) is 0. The van der Waals surface area contributed by atoms with E-state index in [-0.39, 0.29) is 11.8 Å². The van der Waals surface area contributed by atoms with E-state index in [1.165, 1.54) is 27.6 Å². The van der Waals surface area contributed by atoms with Gasteiger partial charge in [-0.2, -0.15) is 0 Å². The van der Waals surface area contributed by atoms with E-state index in [1.807, 2.05) is 4.90 Å². The molecule has 3 rings (SSSR count). The molecule has 1 amide bonds. The maximum Gasteiger partial charge on any atom is 0.246 e. The Labute approximate surface area is 140 Å². The topological polar surface area (TPSA) is 20.3 Å². The Balaban J connectivity index is 2.08. The predicted octanol–water partition coefficient (Wildman–Crippen LogP) is 4.62. The van der Waals surface area contributed by atoms with Crippen LogP contribution in [-0.4, -0.2) is 17.4 Å². The lowest BCUT2D eigenvalue weighted by Gasteiger charge is -2.33. The minimum atomic E-state index is -0.0193. The number of halogens is 1. The highest BCUT2D eigenvalue weighted by Crippen LogP contribution is 2.41. The van der Waals surface area contributed by atoms with Crippen molar-refractivity contribution in [3.05, 3.63) is 68.9 Å². The van der Waals surface area contributed by atoms with Crippen molar-refractivity contribution < 1.29 is 4.79 Å². The van der Waals surface area contributed by atoms with Crippen molar-refractivity contribution in [2.75, 3.05) is 6.54 Å². The van der Waals surface area contributed by atoms with E-state index in [1.54, 1.807) is 11.3 Å². The van der Waals surface area contributed by atoms with Crippen molar-refractivity contribution in [3.8, 4) is 0 Å². The molecule has 22 heavy (non-hydrogen) atoms. The van der Waals surface area contributed by atoms with Crippen LogP contribution in [0.25, 0.3) is 0 Å². The van der Waals surface area contributed by atoms with Gasteiger partial charge in [0, 0.05) is 17.3 Å². The smallest absolute Gasteiger partial charge is 0.246 e. The van der Waals surface area contributed by atoms with Crippen LogP contribution in [-0.2, 0) is 17.8 Å². The molecule has 1 aliphatic rings. The van der Waals surface area contributed by atoms with Crippen LogP contribution in [0, 0.1) is 0 Å². The summed E-state index contributed by atoms with van der Waals surface area (Å²) in [4.78, 5) is 15.1. The van der Waals surface area contributed by atoms with Crippen molar-refractivity contribution >= 4 is 28.8 Å². The Morgan fingerprint density at radius 1 is 1.45 bits per heavy atom. The Morgan fingerprint density at radius 3 is 2.95 bits per heavy atom. The largest absolute Gasteiger partial charge is 0.333 e. The maximum absolute atomic E-state index is 12.1. The molecule has 0 bridgehead atoms. The highest BCUT2D eigenvalue weighted by atomic mass is 35.5. The summed E-state index contributed by atoms with van der Waals surface area (Å²) >= 11 is 7.80. The summed E-state index contributed by atoms with van der Waals surface area (Å²) in [5.74, 6) is 0.168. The molecule has 2 heterocycles. The number of hydrogen-bond acceptors (Lipinski definition) is 2. The molecule has 1 aromatic heterocycles. The lowest BCUT2D eigenvalue weighted by atomic mass is 9.85. The SMILES string of the molecule is C=CC(=O)N1Cc2sc(Cl)cc2[C@H](c2ccccc2CC)C1. The van der Waals surface area contributed by atoms with Crippen LogP contribution in [0.1, 0.15) is 34.4 Å². The van der Waals surface area contributed by atoms with E-state index >= 15 is 0 Å². The molecule has 0 saturated heterocycles. The van der Waals surface area contributed by atoms with Gasteiger partial charge in [-0.05, 0) is 35.3 Å². The van der Waals surface area contributed by atoms with Gasteiger partial charge < -0.3 is 4.90 Å². The van der Waals surface area contributed by atoms with Crippen LogP contribution < -0.4 is 0 Å². The van der Waals surface area contributed by atoms with E-state index in [0.717, 1.165) is 10.8 Å². The summed E-state index contributed by atoms with van der Waals surface area (Å²) in [5.41, 5.74) is 3.89. The Morgan fingerprint density at radius 2 is 2.23 bits per heavy atom. The predicted molar refractivity (Wildman–Crippen MR) is 92.6 cm³/mol. The molecule has 1 aliphatic heterocycles. The fourth-order valence-corrected chi connectivity index (χ4v) is 4.50. The molecule has 1 aromatic carbocycles. The van der Waals surface area contributed by atoms with Gasteiger partial charge in [0.15, 0.2) is 0 Å². The van der Waals surface area contributed by atoms with E-state index in [4.69, 9.17) is 11.6 Å². The molecule has 0 spiro atoms. The molecule has 4 heteroatoms. The first kappa shape index (κ1) is 15.3. The molecular weight excluding hydrogens is 314 g/mol. The lowest BCUT2D eigenvalue weighted by Crippen LogP contribution is -2.37. The molecule has 0 fully saturated rings. The number of rotatable bonds is 3. The maximum atomic E-state index is 12.1. The summed E-state index contributed by atoms with van der Waals surface area (Å²) < 4.78 is 0.789. The minimum absolute atomic E-state index is 0.0193. The van der Waals surface area contributed by atoms with Crippen LogP contribution in [0.15, 0.2) is 43.0 Å². The normalized spacial score (nSPS) is 17.2. The number of thiophene rings is 1. The Hall–Kier alpha value is -1.58. The van der Waals surface area contributed by atoms with Gasteiger partial charge in [-0.1, -0.05) is 49.4 Å². The fraction of sp³-hybridized carbons (Fsp3) is 0.278. The lowest BCUT2D eigenvalue weighted by molar-refractivity contribution is -0.127. The molecule has 0 saturated carbocycles. The Kier molecular flexibility index (Phi) is 4.37. The highest BCUT2D eigenvalue weighted by Gasteiger charge is 2.31. The molecule has 0 N–H and O–H groups in total. The van der Waals surface area contributed by atoms with Crippen LogP contribution in [0.4, 0.5) is 0 Å². The third kappa shape index (κ3) is 2.71. The quantitative estimate of drug-likeness (QED) is 0.751. The summed E-state index contributed by atoms with van der Waals surface area (Å²) in [6.07, 6.45) is 2.37. The number of aryl methyl sites for hydroxylation is 1. The number of amides is 1. The van der Waals surface area contributed by atoms with Gasteiger partial charge in [0.25, 0.3) is 0 Å². The summed E-state index contributed by atoms with van der Waals surface area (Å²) in [5, 5.41) is 0. The van der Waals surface area contributed by atoms with Crippen molar-refractivity contribution in [3.63, 3.8) is 0 Å². The van der Waals surface area contributed by atoms with Gasteiger partial charge in [0.2, 0.25) is 5.91 Å². The van der Waals surface area contributed by atoms with E-state index in [0.29, 0.717) is 13.1 Å². The molecular formula is C18H18ClNOS. The number of carbonyl (C=O) groups excluding carboxylic acids is 1. The number of carbonyl (C=O) groups is 1. The number of nitrogens with zero attached hydrogens (tertiary/aromatic N) is 1. The second kappa shape index (κ2) is 6.27. The monoisotopic (exact) mass is 331 g/mol. The van der Waals surface area contributed by atoms with Gasteiger partial charge in [-0.15, -0.1) is 11.3 Å². The first-order chi connectivity index (χ1) is 10.6. The summed E-state index contributed by atoms with van der Waals surface area (Å²) in [6, 6.07) is 10.5. The standard InChI is InChI=1S/C18H18ClNOS/c1-3-12-7-5-6-8-13(12)15-10-20(18(21)4-2)11-16-14(15)9-17(19)22-16/h4-9,15H,2-3,10-11H2,1H3/t15-/m0/s1. The summed E-state index contributed by atoms with van der Waals surface area (Å²) in [7, 11) is 0. The molecule has 1 atom stereocenters. The number of benzene rings is 1. The van der Waals surface area contributed by atoms with Crippen LogP contribution >= 0.6 is 22.9 Å². The van der Waals surface area contributed by atoms with Crippen molar-refractivity contribution in [1.29, 1.82) is 0 Å². The molecule has 0 aliphatic carbocycles. The first-order valence-corrected chi connectivity index (χ1v) is 8.60. The zero-order chi connectivity index (χ0) is 15.7. The van der Waals surface area contributed by atoms with E-state index in [2.05, 4.69) is 43.8 Å². The minimum Gasteiger partial charge on any atom is -0.333 e. The van der Waals surface area contributed by atoms with E-state index in [9.17, 15) is 4.79 Å². The van der Waals surface area contributed by atoms with Crippen molar-refractivity contribution in [2.45, 2.75) is 25.8 Å². The average Bonchev–Trinajstić information content (AvgIpc) is 2.93. The number of fused-ring (bicyclic) bond motifs is 1. The zero-order valence-electron chi connectivity index (χ0n) is 12.5. The van der Waals surface area contributed by atoms with E-state index < -0.39 is 0 Å². The molecule has 2 aromatic rings. The average molecular weight is 332 g/mol. The van der Waals surface area contributed by atoms with Crippen molar-refractivity contribution in [1.82, 2.24) is 4.90 Å². The Bertz CT molecular complexity index is 722. The highest BCUT2D eigenvalue weighted by molar-refractivity contribution is 7.16. The molecule has 0 unspecified atom stereocenters. The third-order valence-electron chi connectivity index (χ3n) is 4.22. The van der Waals surface area contributed by atoms with Crippen LogP contribution in [0.3, 0.4) is 0 Å². The fourth-order valence-electron chi connectivity index (χ4n) is 3.14. The second-order valence-corrected chi connectivity index (χ2v) is 7.22. The van der Waals surface area contributed by atoms with Gasteiger partial charge in [-0.3, -0.25) is 4.79 Å². The van der Waals surface area contributed by atoms with Crippen LogP contribution in [0.5, 0.6) is 0 Å². The van der Waals surface area contributed by atoms with Crippen molar-refractivity contribution in [2.24, 2.45) is 0 Å². The summed E-state index contributed by atoms with van der Waals surface area (Å²) in [6.45, 7) is 7.09. The van der Waals surface area contributed by atoms with Gasteiger partial charge in [-0.25, -0.2) is 0 Å². The second-order valence-electron chi connectivity index (χ2n) is 5.46. The molecule has 0 radical (unpaired) electrons. The van der Waals surface area contributed by atoms with Crippen LogP contribution in [0.2, 0.25) is 4.34 Å². The van der Waals surface area contributed by atoms with Gasteiger partial charge >= 0.3 is 0 Å².